The zero-order valence-corrected chi connectivity index (χ0v) is 10.7. The van der Waals surface area contributed by atoms with E-state index in [1.54, 1.807) is 12.1 Å². The Morgan fingerprint density at radius 1 is 1.00 bits per heavy atom. The molecule has 0 unspecified atom stereocenters. The zero-order valence-electron chi connectivity index (χ0n) is 10.7. The minimum absolute atomic E-state index is 0.192. The minimum Gasteiger partial charge on any atom is -0.493 e. The van der Waals surface area contributed by atoms with Gasteiger partial charge in [0, 0.05) is 19.5 Å². The van der Waals surface area contributed by atoms with Crippen molar-refractivity contribution < 1.29 is 9.13 Å². The maximum absolute atomic E-state index is 12.8. The van der Waals surface area contributed by atoms with Gasteiger partial charge in [0.05, 0.1) is 6.61 Å². The first-order valence-electron chi connectivity index (χ1n) is 6.51. The van der Waals surface area contributed by atoms with Crippen LogP contribution < -0.4 is 10.1 Å². The lowest BCUT2D eigenvalue weighted by Gasteiger charge is -2.07. The first-order valence-corrected chi connectivity index (χ1v) is 6.51. The predicted molar refractivity (Wildman–Crippen MR) is 72.6 cm³/mol. The Labute approximate surface area is 112 Å². The normalized spacial score (nSPS) is 13.1. The molecule has 1 aliphatic rings. The number of benzene rings is 2. The van der Waals surface area contributed by atoms with Gasteiger partial charge in [-0.3, -0.25) is 0 Å². The highest BCUT2D eigenvalue weighted by Crippen LogP contribution is 2.25. The van der Waals surface area contributed by atoms with Gasteiger partial charge in [0.2, 0.25) is 0 Å². The molecule has 0 atom stereocenters. The Bertz CT molecular complexity index is 565. The van der Waals surface area contributed by atoms with Crippen LogP contribution in [-0.2, 0) is 19.5 Å². The fourth-order valence-electron chi connectivity index (χ4n) is 2.30. The molecule has 19 heavy (non-hydrogen) atoms. The summed E-state index contributed by atoms with van der Waals surface area (Å²) in [4.78, 5) is 0. The summed E-state index contributed by atoms with van der Waals surface area (Å²) in [6.07, 6.45) is 1.00. The van der Waals surface area contributed by atoms with Crippen LogP contribution in [0.15, 0.2) is 42.5 Å². The van der Waals surface area contributed by atoms with Crippen LogP contribution in [0.2, 0.25) is 0 Å². The number of halogens is 1. The quantitative estimate of drug-likeness (QED) is 0.909. The van der Waals surface area contributed by atoms with E-state index in [4.69, 9.17) is 4.74 Å². The standard InChI is InChI=1S/C16H16FNO/c17-15-4-1-12(2-5-15)10-18-11-13-3-6-16-14(9-13)7-8-19-16/h1-6,9,18H,7-8,10-11H2. The fraction of sp³-hybridized carbons (Fsp3) is 0.250. The van der Waals surface area contributed by atoms with Crippen LogP contribution in [0.1, 0.15) is 16.7 Å². The van der Waals surface area contributed by atoms with E-state index in [0.29, 0.717) is 0 Å². The monoisotopic (exact) mass is 257 g/mol. The number of rotatable bonds is 4. The Morgan fingerprint density at radius 3 is 2.58 bits per heavy atom. The third kappa shape index (κ3) is 2.93. The Kier molecular flexibility index (Phi) is 3.47. The molecule has 0 bridgehead atoms. The fourth-order valence-corrected chi connectivity index (χ4v) is 2.30. The molecule has 1 aliphatic heterocycles. The molecule has 3 rings (SSSR count). The van der Waals surface area contributed by atoms with Crippen LogP contribution in [0.3, 0.4) is 0 Å². The van der Waals surface area contributed by atoms with Crippen molar-refractivity contribution in [3.8, 4) is 5.75 Å². The summed E-state index contributed by atoms with van der Waals surface area (Å²) in [5, 5.41) is 3.37. The summed E-state index contributed by atoms with van der Waals surface area (Å²) in [6.45, 7) is 2.35. The number of fused-ring (bicyclic) bond motifs is 1. The van der Waals surface area contributed by atoms with E-state index in [1.807, 2.05) is 6.07 Å². The van der Waals surface area contributed by atoms with Crippen molar-refractivity contribution >= 4 is 0 Å². The molecule has 2 aromatic rings. The van der Waals surface area contributed by atoms with Crippen molar-refractivity contribution in [2.75, 3.05) is 6.61 Å². The first-order chi connectivity index (χ1) is 9.31. The van der Waals surface area contributed by atoms with Crippen LogP contribution in [0, 0.1) is 5.82 Å². The molecule has 98 valence electrons. The molecule has 0 radical (unpaired) electrons. The third-order valence-electron chi connectivity index (χ3n) is 3.33. The van der Waals surface area contributed by atoms with Gasteiger partial charge in [0.1, 0.15) is 11.6 Å². The number of hydrogen-bond acceptors (Lipinski definition) is 2. The highest BCUT2D eigenvalue weighted by Gasteiger charge is 2.11. The molecule has 0 spiro atoms. The van der Waals surface area contributed by atoms with Gasteiger partial charge >= 0.3 is 0 Å². The van der Waals surface area contributed by atoms with Gasteiger partial charge in [0.15, 0.2) is 0 Å². The third-order valence-corrected chi connectivity index (χ3v) is 3.33. The van der Waals surface area contributed by atoms with Gasteiger partial charge in [-0.05, 0) is 34.9 Å². The lowest BCUT2D eigenvalue weighted by molar-refractivity contribution is 0.357. The molecule has 1 N–H and O–H groups in total. The van der Waals surface area contributed by atoms with Crippen LogP contribution in [0.25, 0.3) is 0 Å². The van der Waals surface area contributed by atoms with E-state index in [2.05, 4.69) is 17.4 Å². The summed E-state index contributed by atoms with van der Waals surface area (Å²) >= 11 is 0. The van der Waals surface area contributed by atoms with E-state index >= 15 is 0 Å². The second kappa shape index (κ2) is 5.41. The van der Waals surface area contributed by atoms with Crippen LogP contribution in [0.4, 0.5) is 4.39 Å². The average Bonchev–Trinajstić information content (AvgIpc) is 2.88. The zero-order chi connectivity index (χ0) is 13.1. The molecular weight excluding hydrogens is 241 g/mol. The molecule has 0 saturated carbocycles. The molecule has 1 heterocycles. The average molecular weight is 257 g/mol. The lowest BCUT2D eigenvalue weighted by atomic mass is 10.1. The predicted octanol–water partition coefficient (Wildman–Crippen LogP) is 3.05. The molecule has 2 aromatic carbocycles. The molecule has 2 nitrogen and oxygen atoms in total. The van der Waals surface area contributed by atoms with Gasteiger partial charge in [-0.15, -0.1) is 0 Å². The number of ether oxygens (including phenoxy) is 1. The summed E-state index contributed by atoms with van der Waals surface area (Å²) < 4.78 is 18.3. The van der Waals surface area contributed by atoms with E-state index < -0.39 is 0 Å². The number of hydrogen-bond donors (Lipinski definition) is 1. The van der Waals surface area contributed by atoms with E-state index in [9.17, 15) is 4.39 Å². The van der Waals surface area contributed by atoms with Crippen LogP contribution in [0.5, 0.6) is 5.75 Å². The SMILES string of the molecule is Fc1ccc(CNCc2ccc3c(c2)CCO3)cc1. The molecular formula is C16H16FNO. The van der Waals surface area contributed by atoms with Crippen LogP contribution >= 0.6 is 0 Å². The van der Waals surface area contributed by atoms with Gasteiger partial charge in [-0.2, -0.15) is 0 Å². The smallest absolute Gasteiger partial charge is 0.123 e. The number of nitrogens with one attached hydrogen (secondary N) is 1. The van der Waals surface area contributed by atoms with Crippen molar-refractivity contribution in [2.45, 2.75) is 19.5 Å². The lowest BCUT2D eigenvalue weighted by Crippen LogP contribution is -2.12. The highest BCUT2D eigenvalue weighted by molar-refractivity contribution is 5.39. The van der Waals surface area contributed by atoms with Crippen molar-refractivity contribution in [3.05, 3.63) is 65.0 Å². The minimum atomic E-state index is -0.192. The van der Waals surface area contributed by atoms with Crippen molar-refractivity contribution in [1.29, 1.82) is 0 Å². The Morgan fingerprint density at radius 2 is 1.74 bits per heavy atom. The van der Waals surface area contributed by atoms with Gasteiger partial charge in [0.25, 0.3) is 0 Å². The molecule has 0 amide bonds. The van der Waals surface area contributed by atoms with Crippen molar-refractivity contribution in [2.24, 2.45) is 0 Å². The molecule has 0 saturated heterocycles. The molecule has 0 aromatic heterocycles. The molecule has 0 aliphatic carbocycles. The van der Waals surface area contributed by atoms with Crippen LogP contribution in [-0.4, -0.2) is 6.61 Å². The maximum atomic E-state index is 12.8. The largest absolute Gasteiger partial charge is 0.493 e. The second-order valence-corrected chi connectivity index (χ2v) is 4.77. The van der Waals surface area contributed by atoms with Crippen molar-refractivity contribution in [1.82, 2.24) is 5.32 Å². The Hall–Kier alpha value is -1.87. The Balaban J connectivity index is 1.56. The highest BCUT2D eigenvalue weighted by atomic mass is 19.1. The molecule has 0 fully saturated rings. The van der Waals surface area contributed by atoms with Crippen molar-refractivity contribution in [3.63, 3.8) is 0 Å². The van der Waals surface area contributed by atoms with E-state index in [-0.39, 0.29) is 5.82 Å². The van der Waals surface area contributed by atoms with Gasteiger partial charge in [-0.25, -0.2) is 4.39 Å². The van der Waals surface area contributed by atoms with Gasteiger partial charge < -0.3 is 10.1 Å². The summed E-state index contributed by atoms with van der Waals surface area (Å²) in [6, 6.07) is 12.9. The second-order valence-electron chi connectivity index (χ2n) is 4.77. The maximum Gasteiger partial charge on any atom is 0.123 e. The summed E-state index contributed by atoms with van der Waals surface area (Å²) in [5.41, 5.74) is 3.64. The summed E-state index contributed by atoms with van der Waals surface area (Å²) in [7, 11) is 0. The topological polar surface area (TPSA) is 21.3 Å². The summed E-state index contributed by atoms with van der Waals surface area (Å²) in [5.74, 6) is 0.824. The molecule has 3 heteroatoms. The van der Waals surface area contributed by atoms with E-state index in [1.165, 1.54) is 23.3 Å². The van der Waals surface area contributed by atoms with E-state index in [0.717, 1.165) is 37.4 Å². The first kappa shape index (κ1) is 12.2. The van der Waals surface area contributed by atoms with Gasteiger partial charge in [-0.1, -0.05) is 24.3 Å².